The zero-order chi connectivity index (χ0) is 24.3. The van der Waals surface area contributed by atoms with Gasteiger partial charge in [0.15, 0.2) is 0 Å². The van der Waals surface area contributed by atoms with Crippen molar-refractivity contribution in [3.05, 3.63) is 94.1 Å². The van der Waals surface area contributed by atoms with Crippen LogP contribution in [0.4, 0.5) is 13.2 Å². The van der Waals surface area contributed by atoms with Crippen LogP contribution in [0.15, 0.2) is 66.7 Å². The van der Waals surface area contributed by atoms with Gasteiger partial charge in [-0.15, -0.1) is 0 Å². The highest BCUT2D eigenvalue weighted by atomic mass is 35.5. The molecule has 2 aliphatic rings. The Labute approximate surface area is 207 Å². The highest BCUT2D eigenvalue weighted by Crippen LogP contribution is 2.47. The van der Waals surface area contributed by atoms with E-state index in [9.17, 15) is 13.2 Å². The predicted octanol–water partition coefficient (Wildman–Crippen LogP) is 7.91. The van der Waals surface area contributed by atoms with Gasteiger partial charge in [0.05, 0.1) is 5.56 Å². The average molecular weight is 495 g/mol. The van der Waals surface area contributed by atoms with Gasteiger partial charge in [-0.3, -0.25) is 4.90 Å². The van der Waals surface area contributed by atoms with Crippen molar-refractivity contribution in [3.8, 4) is 11.1 Å². The van der Waals surface area contributed by atoms with E-state index >= 15 is 0 Å². The topological polar surface area (TPSA) is 8.17 Å². The van der Waals surface area contributed by atoms with Gasteiger partial charge in [-0.2, -0.15) is 13.2 Å². The standard InChI is InChI=1S/C29H26ClF3N2/c1-34-23-10-12-26(34)28-24-16-20(19-3-2-4-21(15-19)29(31,32)33)7-11-25(24)35(27(28)17-23)14-13-18-5-8-22(30)9-6-18/h2-9,11,15-16,23,26H,10,12-14,17H2,1H3. The summed E-state index contributed by atoms with van der Waals surface area (Å²) >= 11 is 6.06. The van der Waals surface area contributed by atoms with Gasteiger partial charge in [-0.1, -0.05) is 41.9 Å². The molecule has 0 amide bonds. The first-order valence-corrected chi connectivity index (χ1v) is 12.5. The van der Waals surface area contributed by atoms with Crippen molar-refractivity contribution < 1.29 is 13.2 Å². The fourth-order valence-corrected chi connectivity index (χ4v) is 6.18. The molecule has 0 aliphatic carbocycles. The van der Waals surface area contributed by atoms with Crippen molar-refractivity contribution >= 4 is 22.5 Å². The largest absolute Gasteiger partial charge is 0.416 e. The van der Waals surface area contributed by atoms with E-state index in [0.29, 0.717) is 17.6 Å². The van der Waals surface area contributed by atoms with E-state index in [4.69, 9.17) is 11.6 Å². The van der Waals surface area contributed by atoms with Crippen LogP contribution in [-0.2, 0) is 25.6 Å². The van der Waals surface area contributed by atoms with Gasteiger partial charge in [-0.25, -0.2) is 0 Å². The molecule has 0 spiro atoms. The zero-order valence-corrected chi connectivity index (χ0v) is 20.2. The highest BCUT2D eigenvalue weighted by molar-refractivity contribution is 6.30. The van der Waals surface area contributed by atoms with Crippen molar-refractivity contribution in [3.63, 3.8) is 0 Å². The summed E-state index contributed by atoms with van der Waals surface area (Å²) in [6.07, 6.45) is -0.142. The molecule has 2 bridgehead atoms. The van der Waals surface area contributed by atoms with E-state index in [1.54, 1.807) is 6.07 Å². The van der Waals surface area contributed by atoms with Crippen LogP contribution in [0, 0.1) is 0 Å². The third-order valence-electron chi connectivity index (χ3n) is 7.88. The summed E-state index contributed by atoms with van der Waals surface area (Å²) in [5.74, 6) is 0. The molecule has 2 aliphatic heterocycles. The number of rotatable bonds is 4. The minimum absolute atomic E-state index is 0.361. The van der Waals surface area contributed by atoms with Gasteiger partial charge in [0.25, 0.3) is 0 Å². The Morgan fingerprint density at radius 2 is 1.71 bits per heavy atom. The molecule has 1 saturated heterocycles. The maximum atomic E-state index is 13.3. The quantitative estimate of drug-likeness (QED) is 0.280. The van der Waals surface area contributed by atoms with Crippen molar-refractivity contribution in [2.24, 2.45) is 0 Å². The van der Waals surface area contributed by atoms with E-state index in [1.807, 2.05) is 18.2 Å². The molecule has 6 rings (SSSR count). The number of likely N-dealkylation sites (N-methyl/N-ethyl adjacent to an activating group) is 1. The van der Waals surface area contributed by atoms with Crippen LogP contribution >= 0.6 is 11.6 Å². The molecule has 0 N–H and O–H groups in total. The lowest BCUT2D eigenvalue weighted by atomic mass is 9.95. The van der Waals surface area contributed by atoms with E-state index in [2.05, 4.69) is 40.8 Å². The second-order valence-electron chi connectivity index (χ2n) is 9.82. The Balaban J connectivity index is 1.45. The van der Waals surface area contributed by atoms with Crippen molar-refractivity contribution in [2.45, 2.75) is 50.5 Å². The summed E-state index contributed by atoms with van der Waals surface area (Å²) in [6.45, 7) is 0.861. The van der Waals surface area contributed by atoms with Crippen LogP contribution in [0.2, 0.25) is 5.02 Å². The number of fused-ring (bicyclic) bond motifs is 6. The molecule has 6 heteroatoms. The van der Waals surface area contributed by atoms with Gasteiger partial charge in [0, 0.05) is 46.7 Å². The zero-order valence-electron chi connectivity index (χ0n) is 19.4. The van der Waals surface area contributed by atoms with Crippen LogP contribution < -0.4 is 0 Å². The molecular formula is C29H26ClF3N2. The fraction of sp³-hybridized carbons (Fsp3) is 0.310. The van der Waals surface area contributed by atoms with E-state index in [0.717, 1.165) is 42.5 Å². The van der Waals surface area contributed by atoms with Crippen molar-refractivity contribution in [2.75, 3.05) is 7.05 Å². The maximum absolute atomic E-state index is 13.3. The number of alkyl halides is 3. The van der Waals surface area contributed by atoms with Crippen LogP contribution in [0.25, 0.3) is 22.0 Å². The molecule has 4 aromatic rings. The highest BCUT2D eigenvalue weighted by Gasteiger charge is 2.40. The maximum Gasteiger partial charge on any atom is 0.416 e. The second-order valence-corrected chi connectivity index (χ2v) is 10.3. The summed E-state index contributed by atoms with van der Waals surface area (Å²) in [4.78, 5) is 2.49. The molecule has 3 aromatic carbocycles. The van der Waals surface area contributed by atoms with Crippen molar-refractivity contribution in [1.29, 1.82) is 0 Å². The molecule has 1 fully saturated rings. The summed E-state index contributed by atoms with van der Waals surface area (Å²) in [5.41, 5.74) is 5.96. The molecule has 180 valence electrons. The van der Waals surface area contributed by atoms with Gasteiger partial charge in [-0.05, 0) is 85.0 Å². The molecule has 35 heavy (non-hydrogen) atoms. The first-order valence-electron chi connectivity index (χ1n) is 12.1. The molecule has 2 nitrogen and oxygen atoms in total. The monoisotopic (exact) mass is 494 g/mol. The summed E-state index contributed by atoms with van der Waals surface area (Å²) in [6, 6.07) is 20.7. The summed E-state index contributed by atoms with van der Waals surface area (Å²) in [5, 5.41) is 1.91. The summed E-state index contributed by atoms with van der Waals surface area (Å²) in [7, 11) is 2.21. The van der Waals surface area contributed by atoms with Gasteiger partial charge in [0.1, 0.15) is 0 Å². The van der Waals surface area contributed by atoms with E-state index < -0.39 is 11.7 Å². The second kappa shape index (κ2) is 8.42. The van der Waals surface area contributed by atoms with E-state index in [1.165, 1.54) is 46.3 Å². The number of benzene rings is 3. The fourth-order valence-electron chi connectivity index (χ4n) is 6.06. The van der Waals surface area contributed by atoms with Crippen LogP contribution in [0.1, 0.15) is 41.3 Å². The third kappa shape index (κ3) is 3.95. The Bertz CT molecular complexity index is 1400. The lowest BCUT2D eigenvalue weighted by molar-refractivity contribution is -0.137. The molecule has 1 aromatic heterocycles. The minimum Gasteiger partial charge on any atom is -0.344 e. The molecule has 0 radical (unpaired) electrons. The molecular weight excluding hydrogens is 469 g/mol. The number of aromatic nitrogens is 1. The third-order valence-corrected chi connectivity index (χ3v) is 8.13. The van der Waals surface area contributed by atoms with Gasteiger partial charge < -0.3 is 4.57 Å². The molecule has 2 unspecified atom stereocenters. The number of halogens is 4. The normalized spacial score (nSPS) is 19.9. The van der Waals surface area contributed by atoms with Crippen LogP contribution in [0.5, 0.6) is 0 Å². The molecule has 0 saturated carbocycles. The predicted molar refractivity (Wildman–Crippen MR) is 135 cm³/mol. The molecule has 2 atom stereocenters. The van der Waals surface area contributed by atoms with Crippen LogP contribution in [-0.4, -0.2) is 22.6 Å². The van der Waals surface area contributed by atoms with Crippen LogP contribution in [0.3, 0.4) is 0 Å². The Morgan fingerprint density at radius 3 is 2.49 bits per heavy atom. The molecule has 3 heterocycles. The van der Waals surface area contributed by atoms with Crippen molar-refractivity contribution in [1.82, 2.24) is 9.47 Å². The van der Waals surface area contributed by atoms with Gasteiger partial charge >= 0.3 is 6.18 Å². The average Bonchev–Trinajstić information content (AvgIpc) is 3.26. The minimum atomic E-state index is -4.36. The Hall–Kier alpha value is -2.76. The Morgan fingerprint density at radius 1 is 0.943 bits per heavy atom. The SMILES string of the molecule is CN1C2CCC1c1c(n(CCc3ccc(Cl)cc3)c3ccc(-c4cccc(C(F)(F)F)c4)cc13)C2. The number of nitrogens with zero attached hydrogens (tertiary/aromatic N) is 2. The number of aryl methyl sites for hydroxylation is 2. The lowest BCUT2D eigenvalue weighted by Crippen LogP contribution is -2.34. The Kier molecular flexibility index (Phi) is 5.46. The van der Waals surface area contributed by atoms with Gasteiger partial charge in [0.2, 0.25) is 0 Å². The van der Waals surface area contributed by atoms with E-state index in [-0.39, 0.29) is 0 Å². The lowest BCUT2D eigenvalue weighted by Gasteiger charge is -2.32. The first-order chi connectivity index (χ1) is 16.8. The number of hydrogen-bond donors (Lipinski definition) is 0. The smallest absolute Gasteiger partial charge is 0.344 e. The summed E-state index contributed by atoms with van der Waals surface area (Å²) < 4.78 is 42.5. The first kappa shape index (κ1) is 22.7. The number of hydrogen-bond acceptors (Lipinski definition) is 1.